The molecule has 0 atom stereocenters. The molecule has 84 valence electrons. The molecule has 2 heteroatoms. The van der Waals surface area contributed by atoms with E-state index in [1.54, 1.807) is 0 Å². The maximum Gasteiger partial charge on any atom is 0.0278 e. The zero-order valence-corrected chi connectivity index (χ0v) is 10.1. The first-order valence-electron chi connectivity index (χ1n) is 6.14. The summed E-state index contributed by atoms with van der Waals surface area (Å²) < 4.78 is 0. The van der Waals surface area contributed by atoms with Crippen LogP contribution in [0.5, 0.6) is 0 Å². The summed E-state index contributed by atoms with van der Waals surface area (Å²) in [6, 6.07) is 0. The fraction of sp³-hybridized carbons (Fsp3) is 1.00. The van der Waals surface area contributed by atoms with Gasteiger partial charge in [-0.2, -0.15) is 0 Å². The largest absolute Gasteiger partial charge is 0.324 e. The van der Waals surface area contributed by atoms with E-state index in [4.69, 9.17) is 5.73 Å². The molecule has 1 rings (SSSR count). The molecule has 0 spiro atoms. The highest BCUT2D eigenvalue weighted by Gasteiger charge is 2.31. The predicted octanol–water partition coefficient (Wildman–Crippen LogP) is 2.24. The van der Waals surface area contributed by atoms with E-state index in [0.717, 1.165) is 25.3 Å². The molecule has 2 nitrogen and oxygen atoms in total. The molecule has 2 N–H and O–H groups in total. The van der Waals surface area contributed by atoms with Gasteiger partial charge in [-0.05, 0) is 25.2 Å². The van der Waals surface area contributed by atoms with E-state index in [1.807, 2.05) is 0 Å². The molecule has 1 aliphatic heterocycles. The Kier molecular flexibility index (Phi) is 4.39. The third-order valence-corrected chi connectivity index (χ3v) is 3.68. The third-order valence-electron chi connectivity index (χ3n) is 3.68. The van der Waals surface area contributed by atoms with Gasteiger partial charge in [-0.15, -0.1) is 0 Å². The highest BCUT2D eigenvalue weighted by atomic mass is 15.2. The quantitative estimate of drug-likeness (QED) is 0.709. The minimum Gasteiger partial charge on any atom is -0.324 e. The fourth-order valence-corrected chi connectivity index (χ4v) is 2.32. The molecule has 0 aliphatic carbocycles. The number of hydrogen-bond acceptors (Lipinski definition) is 2. The van der Waals surface area contributed by atoms with E-state index in [-0.39, 0.29) is 5.54 Å². The zero-order valence-electron chi connectivity index (χ0n) is 10.1. The van der Waals surface area contributed by atoms with Crippen LogP contribution in [0, 0.1) is 5.92 Å². The molecule has 0 aromatic rings. The number of rotatable bonds is 6. The van der Waals surface area contributed by atoms with Crippen molar-refractivity contribution in [2.75, 3.05) is 19.6 Å². The summed E-state index contributed by atoms with van der Waals surface area (Å²) in [7, 11) is 0. The summed E-state index contributed by atoms with van der Waals surface area (Å²) >= 11 is 0. The van der Waals surface area contributed by atoms with Crippen LogP contribution in [-0.2, 0) is 0 Å². The Labute approximate surface area is 88.8 Å². The second kappa shape index (κ2) is 5.13. The van der Waals surface area contributed by atoms with Gasteiger partial charge in [0.05, 0.1) is 0 Å². The molecular weight excluding hydrogens is 172 g/mol. The Morgan fingerprint density at radius 2 is 1.79 bits per heavy atom. The fourth-order valence-electron chi connectivity index (χ4n) is 2.32. The molecular formula is C12H26N2. The van der Waals surface area contributed by atoms with Crippen molar-refractivity contribution in [3.05, 3.63) is 0 Å². The highest BCUT2D eigenvalue weighted by Crippen LogP contribution is 2.23. The lowest BCUT2D eigenvalue weighted by Crippen LogP contribution is -2.56. The summed E-state index contributed by atoms with van der Waals surface area (Å²) in [5.74, 6) is 0.956. The zero-order chi connectivity index (χ0) is 10.6. The van der Waals surface area contributed by atoms with Crippen LogP contribution >= 0.6 is 0 Å². The predicted molar refractivity (Wildman–Crippen MR) is 62.3 cm³/mol. The lowest BCUT2D eigenvalue weighted by molar-refractivity contribution is 0.0653. The first-order chi connectivity index (χ1) is 6.63. The van der Waals surface area contributed by atoms with E-state index in [9.17, 15) is 0 Å². The van der Waals surface area contributed by atoms with Gasteiger partial charge < -0.3 is 10.6 Å². The van der Waals surface area contributed by atoms with Crippen LogP contribution in [-0.4, -0.2) is 30.1 Å². The van der Waals surface area contributed by atoms with Crippen molar-refractivity contribution in [1.82, 2.24) is 4.90 Å². The summed E-state index contributed by atoms with van der Waals surface area (Å²) in [5, 5.41) is 0. The monoisotopic (exact) mass is 198 g/mol. The maximum absolute atomic E-state index is 6.28. The second-order valence-electron chi connectivity index (χ2n) is 4.92. The van der Waals surface area contributed by atoms with Gasteiger partial charge in [-0.25, -0.2) is 0 Å². The summed E-state index contributed by atoms with van der Waals surface area (Å²) in [4.78, 5) is 2.52. The number of nitrogens with zero attached hydrogens (tertiary/aromatic N) is 1. The van der Waals surface area contributed by atoms with Crippen molar-refractivity contribution < 1.29 is 0 Å². The molecule has 1 aliphatic rings. The van der Waals surface area contributed by atoms with Gasteiger partial charge in [0.2, 0.25) is 0 Å². The number of hydrogen-bond donors (Lipinski definition) is 1. The van der Waals surface area contributed by atoms with Crippen molar-refractivity contribution >= 4 is 0 Å². The van der Waals surface area contributed by atoms with E-state index in [2.05, 4.69) is 25.7 Å². The van der Waals surface area contributed by atoms with Crippen molar-refractivity contribution in [2.24, 2.45) is 11.7 Å². The topological polar surface area (TPSA) is 29.3 Å². The van der Waals surface area contributed by atoms with Crippen molar-refractivity contribution in [3.8, 4) is 0 Å². The molecule has 1 fully saturated rings. The Morgan fingerprint density at radius 1 is 1.21 bits per heavy atom. The first kappa shape index (κ1) is 12.0. The van der Waals surface area contributed by atoms with E-state index >= 15 is 0 Å². The Balaban J connectivity index is 2.21. The van der Waals surface area contributed by atoms with Gasteiger partial charge in [0.15, 0.2) is 0 Å². The number of likely N-dealkylation sites (tertiary alicyclic amines) is 1. The molecule has 0 radical (unpaired) electrons. The number of nitrogens with two attached hydrogens (primary N) is 1. The van der Waals surface area contributed by atoms with Crippen molar-refractivity contribution in [1.29, 1.82) is 0 Å². The SMILES string of the molecule is CCCC1CN(CC(N)(CC)CC)C1. The highest BCUT2D eigenvalue weighted by molar-refractivity contribution is 4.90. The van der Waals surface area contributed by atoms with Gasteiger partial charge in [0.25, 0.3) is 0 Å². The molecule has 0 unspecified atom stereocenters. The van der Waals surface area contributed by atoms with Gasteiger partial charge >= 0.3 is 0 Å². The third kappa shape index (κ3) is 2.96. The summed E-state index contributed by atoms with van der Waals surface area (Å²) in [6.45, 7) is 10.3. The first-order valence-corrected chi connectivity index (χ1v) is 6.14. The van der Waals surface area contributed by atoms with E-state index < -0.39 is 0 Å². The molecule has 14 heavy (non-hydrogen) atoms. The molecule has 0 aromatic carbocycles. The summed E-state index contributed by atoms with van der Waals surface area (Å²) in [6.07, 6.45) is 4.91. The van der Waals surface area contributed by atoms with Crippen molar-refractivity contribution in [2.45, 2.75) is 52.0 Å². The smallest absolute Gasteiger partial charge is 0.0278 e. The van der Waals surface area contributed by atoms with Gasteiger partial charge in [0, 0.05) is 25.2 Å². The minimum absolute atomic E-state index is 0.0667. The molecule has 1 saturated heterocycles. The second-order valence-corrected chi connectivity index (χ2v) is 4.92. The van der Waals surface area contributed by atoms with Crippen LogP contribution in [0.2, 0.25) is 0 Å². The van der Waals surface area contributed by atoms with Gasteiger partial charge in [-0.3, -0.25) is 0 Å². The Morgan fingerprint density at radius 3 is 2.21 bits per heavy atom. The molecule has 0 saturated carbocycles. The molecule has 0 aromatic heterocycles. The van der Waals surface area contributed by atoms with Crippen LogP contribution in [0.25, 0.3) is 0 Å². The average Bonchev–Trinajstić information content (AvgIpc) is 2.14. The Bertz CT molecular complexity index is 158. The Hall–Kier alpha value is -0.0800. The van der Waals surface area contributed by atoms with Crippen LogP contribution in [0.3, 0.4) is 0 Å². The average molecular weight is 198 g/mol. The van der Waals surface area contributed by atoms with Gasteiger partial charge in [0.1, 0.15) is 0 Å². The van der Waals surface area contributed by atoms with E-state index in [0.29, 0.717) is 0 Å². The maximum atomic E-state index is 6.28. The molecule has 0 bridgehead atoms. The van der Waals surface area contributed by atoms with Crippen LogP contribution in [0.4, 0.5) is 0 Å². The van der Waals surface area contributed by atoms with Crippen LogP contribution < -0.4 is 5.73 Å². The molecule has 0 amide bonds. The van der Waals surface area contributed by atoms with E-state index in [1.165, 1.54) is 25.9 Å². The van der Waals surface area contributed by atoms with Crippen LogP contribution in [0.1, 0.15) is 46.5 Å². The summed E-state index contributed by atoms with van der Waals surface area (Å²) in [5.41, 5.74) is 6.35. The lowest BCUT2D eigenvalue weighted by atomic mass is 9.88. The standard InChI is InChI=1S/C12H26N2/c1-4-7-11-8-14(9-11)10-12(13,5-2)6-3/h11H,4-10,13H2,1-3H3. The van der Waals surface area contributed by atoms with Crippen molar-refractivity contribution in [3.63, 3.8) is 0 Å². The minimum atomic E-state index is 0.0667. The van der Waals surface area contributed by atoms with Crippen LogP contribution in [0.15, 0.2) is 0 Å². The normalized spacial score (nSPS) is 19.7. The lowest BCUT2D eigenvalue weighted by Gasteiger charge is -2.44. The van der Waals surface area contributed by atoms with Gasteiger partial charge in [-0.1, -0.05) is 27.2 Å². The molecule has 1 heterocycles.